The third-order valence-electron chi connectivity index (χ3n) is 6.72. The highest BCUT2D eigenvalue weighted by Crippen LogP contribution is 2.44. The van der Waals surface area contributed by atoms with E-state index in [2.05, 4.69) is 6.08 Å². The lowest BCUT2D eigenvalue weighted by atomic mass is 9.77. The minimum atomic E-state index is -0.506. The van der Waals surface area contributed by atoms with Gasteiger partial charge in [0.2, 0.25) is 0 Å². The summed E-state index contributed by atoms with van der Waals surface area (Å²) in [6.07, 6.45) is 4.92. The number of hydrogen-bond acceptors (Lipinski definition) is 7. The van der Waals surface area contributed by atoms with Crippen LogP contribution in [0.2, 0.25) is 0 Å². The number of nitrogens with zero attached hydrogens (tertiary/aromatic N) is 2. The molecule has 2 atom stereocenters. The first-order chi connectivity index (χ1) is 18.1. The molecule has 2 unspecified atom stereocenters. The fourth-order valence-corrected chi connectivity index (χ4v) is 5.52. The Labute approximate surface area is 220 Å². The quantitative estimate of drug-likeness (QED) is 0.374. The van der Waals surface area contributed by atoms with E-state index in [4.69, 9.17) is 19.3 Å². The van der Waals surface area contributed by atoms with Gasteiger partial charge in [0.05, 0.1) is 26.0 Å². The molecule has 0 spiro atoms. The standard InChI is InChI=1S/C29H28N2O5S/c1-34-22-12-8-19(9-13-22)17-21-5-3-6-24-27(21)30-31(28(24)20-10-14-23(35-2)15-11-20)26(32)18-36-29(33)25-7-4-16-37-25/h4,7-17,24,28H,3,5-6,18H2,1-2H3. The van der Waals surface area contributed by atoms with Crippen LogP contribution in [0.5, 0.6) is 11.5 Å². The number of benzene rings is 2. The number of allylic oxidation sites excluding steroid dienone is 1. The Morgan fingerprint density at radius 3 is 2.38 bits per heavy atom. The van der Waals surface area contributed by atoms with Crippen molar-refractivity contribution in [1.29, 1.82) is 0 Å². The number of thiophene rings is 1. The largest absolute Gasteiger partial charge is 0.497 e. The minimum Gasteiger partial charge on any atom is -0.497 e. The molecular formula is C29H28N2O5S. The molecule has 2 aliphatic rings. The average Bonchev–Trinajstić information content (AvgIpc) is 3.61. The van der Waals surface area contributed by atoms with E-state index in [-0.39, 0.29) is 24.5 Å². The van der Waals surface area contributed by atoms with E-state index in [9.17, 15) is 9.59 Å². The number of amides is 1. The number of esters is 1. The Morgan fingerprint density at radius 2 is 1.73 bits per heavy atom. The van der Waals surface area contributed by atoms with Crippen LogP contribution in [-0.2, 0) is 9.53 Å². The fourth-order valence-electron chi connectivity index (χ4n) is 4.90. The number of hydrogen-bond donors (Lipinski definition) is 0. The lowest BCUT2D eigenvalue weighted by Gasteiger charge is -2.29. The molecule has 0 bridgehead atoms. The van der Waals surface area contributed by atoms with Crippen molar-refractivity contribution < 1.29 is 23.8 Å². The van der Waals surface area contributed by atoms with Crippen LogP contribution in [0, 0.1) is 5.92 Å². The van der Waals surface area contributed by atoms with Gasteiger partial charge in [0.25, 0.3) is 5.91 Å². The van der Waals surface area contributed by atoms with Crippen molar-refractivity contribution in [3.8, 4) is 11.5 Å². The van der Waals surface area contributed by atoms with Crippen LogP contribution < -0.4 is 9.47 Å². The minimum absolute atomic E-state index is 0.0450. The molecule has 3 aromatic rings. The molecule has 1 aliphatic heterocycles. The van der Waals surface area contributed by atoms with Gasteiger partial charge in [-0.25, -0.2) is 9.80 Å². The predicted octanol–water partition coefficient (Wildman–Crippen LogP) is 5.75. The molecule has 0 radical (unpaired) electrons. The second kappa shape index (κ2) is 11.0. The zero-order valence-electron chi connectivity index (χ0n) is 20.8. The van der Waals surface area contributed by atoms with E-state index in [1.54, 1.807) is 31.7 Å². The molecule has 0 N–H and O–H groups in total. The van der Waals surface area contributed by atoms with Crippen molar-refractivity contribution in [2.24, 2.45) is 11.0 Å². The highest BCUT2D eigenvalue weighted by molar-refractivity contribution is 7.11. The summed E-state index contributed by atoms with van der Waals surface area (Å²) >= 11 is 1.28. The Kier molecular flexibility index (Phi) is 7.37. The van der Waals surface area contributed by atoms with Gasteiger partial charge in [-0.15, -0.1) is 11.3 Å². The molecule has 1 amide bonds. The molecule has 2 heterocycles. The molecule has 2 aromatic carbocycles. The zero-order chi connectivity index (χ0) is 25.8. The van der Waals surface area contributed by atoms with Crippen molar-refractivity contribution in [3.63, 3.8) is 0 Å². The second-order valence-electron chi connectivity index (χ2n) is 8.94. The van der Waals surface area contributed by atoms with Gasteiger partial charge in [-0.3, -0.25) is 4.79 Å². The van der Waals surface area contributed by atoms with Crippen LogP contribution in [0.4, 0.5) is 0 Å². The summed E-state index contributed by atoms with van der Waals surface area (Å²) in [5, 5.41) is 8.16. The summed E-state index contributed by atoms with van der Waals surface area (Å²) in [6.45, 7) is -0.371. The molecule has 190 valence electrons. The van der Waals surface area contributed by atoms with Crippen molar-refractivity contribution in [2.45, 2.75) is 25.3 Å². The van der Waals surface area contributed by atoms with Crippen molar-refractivity contribution in [3.05, 3.63) is 87.6 Å². The van der Waals surface area contributed by atoms with E-state index in [0.717, 1.165) is 53.2 Å². The maximum absolute atomic E-state index is 13.4. The molecule has 1 aromatic heterocycles. The summed E-state index contributed by atoms with van der Waals surface area (Å²) in [4.78, 5) is 26.2. The number of methoxy groups -OCH3 is 2. The third-order valence-corrected chi connectivity index (χ3v) is 7.57. The normalized spacial score (nSPS) is 19.8. The smallest absolute Gasteiger partial charge is 0.348 e. The van der Waals surface area contributed by atoms with Crippen molar-refractivity contribution in [2.75, 3.05) is 20.8 Å². The molecule has 7 nitrogen and oxygen atoms in total. The Morgan fingerprint density at radius 1 is 1.03 bits per heavy atom. The van der Waals surface area contributed by atoms with Gasteiger partial charge in [-0.1, -0.05) is 30.3 Å². The maximum atomic E-state index is 13.4. The molecule has 0 saturated heterocycles. The number of carbonyl (C=O) groups excluding carboxylic acids is 2. The van der Waals surface area contributed by atoms with Crippen LogP contribution in [0.3, 0.4) is 0 Å². The molecule has 1 aliphatic carbocycles. The molecular weight excluding hydrogens is 488 g/mol. The first kappa shape index (κ1) is 24.8. The molecule has 37 heavy (non-hydrogen) atoms. The zero-order valence-corrected chi connectivity index (χ0v) is 21.6. The van der Waals surface area contributed by atoms with E-state index >= 15 is 0 Å². The summed E-state index contributed by atoms with van der Waals surface area (Å²) in [5.41, 5.74) is 4.05. The van der Waals surface area contributed by atoms with Gasteiger partial charge in [0.15, 0.2) is 6.61 Å². The SMILES string of the molecule is COc1ccc(C=C2CCCC3C2=NN(C(=O)COC(=O)c2cccs2)C3c2ccc(OC)cc2)cc1. The molecule has 1 saturated carbocycles. The monoisotopic (exact) mass is 516 g/mol. The Hall–Kier alpha value is -3.91. The summed E-state index contributed by atoms with van der Waals surface area (Å²) in [6, 6.07) is 18.8. The number of fused-ring (bicyclic) bond motifs is 1. The lowest BCUT2D eigenvalue weighted by Crippen LogP contribution is -2.34. The van der Waals surface area contributed by atoms with Crippen LogP contribution in [0.1, 0.15) is 46.1 Å². The Bertz CT molecular complexity index is 1310. The van der Waals surface area contributed by atoms with E-state index < -0.39 is 5.97 Å². The first-order valence-electron chi connectivity index (χ1n) is 12.2. The number of rotatable bonds is 7. The van der Waals surface area contributed by atoms with Gasteiger partial charge >= 0.3 is 5.97 Å². The van der Waals surface area contributed by atoms with Gasteiger partial charge in [0.1, 0.15) is 16.4 Å². The Balaban J connectivity index is 1.44. The van der Waals surface area contributed by atoms with Crippen molar-refractivity contribution >= 4 is 35.0 Å². The maximum Gasteiger partial charge on any atom is 0.348 e. The van der Waals surface area contributed by atoms with Gasteiger partial charge in [-0.05, 0) is 77.8 Å². The van der Waals surface area contributed by atoms with E-state index in [1.807, 2.05) is 48.5 Å². The second-order valence-corrected chi connectivity index (χ2v) is 9.88. The fraction of sp³-hybridized carbons (Fsp3) is 0.276. The summed E-state index contributed by atoms with van der Waals surface area (Å²) < 4.78 is 16.0. The molecule has 8 heteroatoms. The van der Waals surface area contributed by atoms with Crippen LogP contribution in [0.15, 0.2) is 76.7 Å². The summed E-state index contributed by atoms with van der Waals surface area (Å²) in [5.74, 6) is 0.735. The highest BCUT2D eigenvalue weighted by Gasteiger charge is 2.43. The van der Waals surface area contributed by atoms with Crippen LogP contribution in [0.25, 0.3) is 6.08 Å². The van der Waals surface area contributed by atoms with Crippen LogP contribution in [-0.4, -0.2) is 43.4 Å². The predicted molar refractivity (Wildman–Crippen MR) is 143 cm³/mol. The first-order valence-corrected chi connectivity index (χ1v) is 13.1. The van der Waals surface area contributed by atoms with E-state index in [1.165, 1.54) is 16.3 Å². The third kappa shape index (κ3) is 5.29. The number of hydrazone groups is 1. The van der Waals surface area contributed by atoms with Crippen molar-refractivity contribution in [1.82, 2.24) is 5.01 Å². The van der Waals surface area contributed by atoms with Gasteiger partial charge < -0.3 is 14.2 Å². The van der Waals surface area contributed by atoms with Gasteiger partial charge in [-0.2, -0.15) is 5.10 Å². The number of ether oxygens (including phenoxy) is 3. The summed E-state index contributed by atoms with van der Waals surface area (Å²) in [7, 11) is 3.27. The average molecular weight is 517 g/mol. The van der Waals surface area contributed by atoms with E-state index in [0.29, 0.717) is 4.88 Å². The van der Waals surface area contributed by atoms with Gasteiger partial charge in [0, 0.05) is 5.92 Å². The topological polar surface area (TPSA) is 77.4 Å². The van der Waals surface area contributed by atoms with Crippen LogP contribution >= 0.6 is 11.3 Å². The highest BCUT2D eigenvalue weighted by atomic mass is 32.1. The molecule has 1 fully saturated rings. The molecule has 5 rings (SSSR count). The number of carbonyl (C=O) groups is 2. The lowest BCUT2D eigenvalue weighted by molar-refractivity contribution is -0.137.